The van der Waals surface area contributed by atoms with Crippen LogP contribution in [0, 0.1) is 6.92 Å². The maximum absolute atomic E-state index is 13.1. The van der Waals surface area contributed by atoms with Crippen molar-refractivity contribution in [1.29, 1.82) is 0 Å². The van der Waals surface area contributed by atoms with Crippen LogP contribution >= 0.6 is 15.9 Å². The number of halogens is 1. The van der Waals surface area contributed by atoms with Gasteiger partial charge in [0.05, 0.1) is 23.5 Å². The standard InChI is InChI=1S/C22H27BrN4O2/c1-16-19(8-9-20(24-16)17-6-4-7-18(23)14-17)22(29)27-11-5-10-26(12-13-27)15-21(28)25(2)3/h4,6-9,14H,5,10-13,15H2,1-3H3. The van der Waals surface area contributed by atoms with Crippen LogP contribution in [-0.4, -0.2) is 78.3 Å². The van der Waals surface area contributed by atoms with Crippen LogP contribution in [0.25, 0.3) is 11.3 Å². The molecule has 0 bridgehead atoms. The lowest BCUT2D eigenvalue weighted by Gasteiger charge is -2.23. The highest BCUT2D eigenvalue weighted by atomic mass is 79.9. The number of aryl methyl sites for hydroxylation is 1. The van der Waals surface area contributed by atoms with Crippen molar-refractivity contribution in [2.75, 3.05) is 46.8 Å². The molecular weight excluding hydrogens is 432 g/mol. The molecule has 2 amide bonds. The molecule has 1 aliphatic heterocycles. The predicted molar refractivity (Wildman–Crippen MR) is 118 cm³/mol. The highest BCUT2D eigenvalue weighted by Crippen LogP contribution is 2.23. The number of carbonyl (C=O) groups is 2. The Kier molecular flexibility index (Phi) is 7.03. The molecule has 1 aromatic heterocycles. The van der Waals surface area contributed by atoms with Crippen molar-refractivity contribution in [2.24, 2.45) is 0 Å². The number of carbonyl (C=O) groups excluding carboxylic acids is 2. The zero-order valence-corrected chi connectivity index (χ0v) is 18.8. The number of hydrogen-bond donors (Lipinski definition) is 0. The first-order valence-corrected chi connectivity index (χ1v) is 10.6. The SMILES string of the molecule is Cc1nc(-c2cccc(Br)c2)ccc1C(=O)N1CCCN(CC(=O)N(C)C)CC1. The molecule has 0 N–H and O–H groups in total. The minimum Gasteiger partial charge on any atom is -0.348 e. The van der Waals surface area contributed by atoms with Crippen molar-refractivity contribution >= 4 is 27.7 Å². The highest BCUT2D eigenvalue weighted by Gasteiger charge is 2.23. The predicted octanol–water partition coefficient (Wildman–Crippen LogP) is 3.06. The van der Waals surface area contributed by atoms with E-state index in [-0.39, 0.29) is 11.8 Å². The molecule has 0 atom stereocenters. The average Bonchev–Trinajstić information content (AvgIpc) is 2.93. The van der Waals surface area contributed by atoms with Crippen molar-refractivity contribution in [1.82, 2.24) is 19.7 Å². The van der Waals surface area contributed by atoms with Gasteiger partial charge in [-0.05, 0) is 37.6 Å². The van der Waals surface area contributed by atoms with E-state index in [1.165, 1.54) is 0 Å². The fourth-order valence-corrected chi connectivity index (χ4v) is 3.83. The Labute approximate surface area is 180 Å². The molecule has 1 aromatic carbocycles. The van der Waals surface area contributed by atoms with Crippen LogP contribution in [-0.2, 0) is 4.79 Å². The first kappa shape index (κ1) is 21.5. The molecule has 2 heterocycles. The summed E-state index contributed by atoms with van der Waals surface area (Å²) in [5.74, 6) is 0.101. The Hall–Kier alpha value is -2.25. The number of nitrogens with zero attached hydrogens (tertiary/aromatic N) is 4. The van der Waals surface area contributed by atoms with Crippen LogP contribution < -0.4 is 0 Å². The first-order valence-electron chi connectivity index (χ1n) is 9.80. The first-order chi connectivity index (χ1) is 13.8. The van der Waals surface area contributed by atoms with E-state index in [0.717, 1.165) is 34.4 Å². The van der Waals surface area contributed by atoms with E-state index in [0.29, 0.717) is 31.7 Å². The van der Waals surface area contributed by atoms with Crippen LogP contribution in [0.4, 0.5) is 0 Å². The summed E-state index contributed by atoms with van der Waals surface area (Å²) in [4.78, 5) is 35.3. The summed E-state index contributed by atoms with van der Waals surface area (Å²) < 4.78 is 0.997. The monoisotopic (exact) mass is 458 g/mol. The molecule has 0 spiro atoms. The molecule has 0 aliphatic carbocycles. The van der Waals surface area contributed by atoms with Gasteiger partial charge in [0, 0.05) is 50.3 Å². The average molecular weight is 459 g/mol. The van der Waals surface area contributed by atoms with Crippen LogP contribution in [0.15, 0.2) is 40.9 Å². The summed E-state index contributed by atoms with van der Waals surface area (Å²) in [7, 11) is 3.53. The minimum absolute atomic E-state index is 0.0107. The summed E-state index contributed by atoms with van der Waals surface area (Å²) >= 11 is 3.49. The van der Waals surface area contributed by atoms with Gasteiger partial charge in [-0.3, -0.25) is 19.5 Å². The lowest BCUT2D eigenvalue weighted by atomic mass is 10.1. The van der Waals surface area contributed by atoms with Crippen LogP contribution in [0.3, 0.4) is 0 Å². The maximum Gasteiger partial charge on any atom is 0.255 e. The fourth-order valence-electron chi connectivity index (χ4n) is 3.43. The van der Waals surface area contributed by atoms with Gasteiger partial charge in [-0.2, -0.15) is 0 Å². The Morgan fingerprint density at radius 1 is 1.10 bits per heavy atom. The third-order valence-corrected chi connectivity index (χ3v) is 5.66. The fraction of sp³-hybridized carbons (Fsp3) is 0.409. The smallest absolute Gasteiger partial charge is 0.255 e. The third kappa shape index (κ3) is 5.42. The van der Waals surface area contributed by atoms with Gasteiger partial charge in [0.2, 0.25) is 5.91 Å². The van der Waals surface area contributed by atoms with E-state index in [1.807, 2.05) is 48.2 Å². The van der Waals surface area contributed by atoms with Crippen molar-refractivity contribution < 1.29 is 9.59 Å². The second kappa shape index (κ2) is 9.50. The molecule has 0 unspecified atom stereocenters. The quantitative estimate of drug-likeness (QED) is 0.706. The number of pyridine rings is 1. The zero-order chi connectivity index (χ0) is 21.0. The molecule has 0 radical (unpaired) electrons. The van der Waals surface area contributed by atoms with Gasteiger partial charge in [-0.15, -0.1) is 0 Å². The Bertz CT molecular complexity index is 900. The lowest BCUT2D eigenvalue weighted by Crippen LogP contribution is -2.39. The van der Waals surface area contributed by atoms with Crippen molar-refractivity contribution in [3.63, 3.8) is 0 Å². The lowest BCUT2D eigenvalue weighted by molar-refractivity contribution is -0.129. The van der Waals surface area contributed by atoms with E-state index in [2.05, 4.69) is 25.8 Å². The molecule has 3 rings (SSSR count). The summed E-state index contributed by atoms with van der Waals surface area (Å²) in [6, 6.07) is 11.7. The van der Waals surface area contributed by atoms with Crippen molar-refractivity contribution in [3.05, 3.63) is 52.1 Å². The summed E-state index contributed by atoms with van der Waals surface area (Å²) in [5.41, 5.74) is 3.24. The number of amides is 2. The minimum atomic E-state index is 0.0107. The number of aromatic nitrogens is 1. The largest absolute Gasteiger partial charge is 0.348 e. The molecule has 2 aromatic rings. The van der Waals surface area contributed by atoms with E-state index in [1.54, 1.807) is 19.0 Å². The zero-order valence-electron chi connectivity index (χ0n) is 17.2. The van der Waals surface area contributed by atoms with Gasteiger partial charge < -0.3 is 9.80 Å². The topological polar surface area (TPSA) is 56.8 Å². The molecule has 7 heteroatoms. The second-order valence-electron chi connectivity index (χ2n) is 7.55. The van der Waals surface area contributed by atoms with Gasteiger partial charge in [-0.25, -0.2) is 0 Å². The number of rotatable bonds is 4. The molecule has 0 saturated carbocycles. The maximum atomic E-state index is 13.1. The van der Waals surface area contributed by atoms with E-state index in [4.69, 9.17) is 0 Å². The van der Waals surface area contributed by atoms with Crippen LogP contribution in [0.1, 0.15) is 22.5 Å². The van der Waals surface area contributed by atoms with Gasteiger partial charge >= 0.3 is 0 Å². The molecule has 1 saturated heterocycles. The van der Waals surface area contributed by atoms with E-state index < -0.39 is 0 Å². The highest BCUT2D eigenvalue weighted by molar-refractivity contribution is 9.10. The van der Waals surface area contributed by atoms with Gasteiger partial charge in [0.25, 0.3) is 5.91 Å². The Morgan fingerprint density at radius 2 is 1.90 bits per heavy atom. The third-order valence-electron chi connectivity index (χ3n) is 5.17. The number of hydrogen-bond acceptors (Lipinski definition) is 4. The number of benzene rings is 1. The van der Waals surface area contributed by atoms with Crippen molar-refractivity contribution in [3.8, 4) is 11.3 Å². The summed E-state index contributed by atoms with van der Waals surface area (Å²) in [6.45, 7) is 5.12. The molecule has 29 heavy (non-hydrogen) atoms. The summed E-state index contributed by atoms with van der Waals surface area (Å²) in [5, 5.41) is 0. The normalized spacial score (nSPS) is 15.1. The molecule has 1 fully saturated rings. The molecule has 6 nitrogen and oxygen atoms in total. The Balaban J connectivity index is 1.69. The molecule has 154 valence electrons. The van der Waals surface area contributed by atoms with Crippen LogP contribution in [0.5, 0.6) is 0 Å². The second-order valence-corrected chi connectivity index (χ2v) is 8.47. The summed E-state index contributed by atoms with van der Waals surface area (Å²) in [6.07, 6.45) is 0.856. The van der Waals surface area contributed by atoms with Gasteiger partial charge in [0.1, 0.15) is 0 Å². The molecule has 1 aliphatic rings. The van der Waals surface area contributed by atoms with Gasteiger partial charge in [-0.1, -0.05) is 28.1 Å². The van der Waals surface area contributed by atoms with Crippen LogP contribution in [0.2, 0.25) is 0 Å². The van der Waals surface area contributed by atoms with Gasteiger partial charge in [0.15, 0.2) is 0 Å². The van der Waals surface area contributed by atoms with E-state index in [9.17, 15) is 9.59 Å². The van der Waals surface area contributed by atoms with Crippen molar-refractivity contribution in [2.45, 2.75) is 13.3 Å². The molecular formula is C22H27BrN4O2. The number of likely N-dealkylation sites (N-methyl/N-ethyl adjacent to an activating group) is 1. The Morgan fingerprint density at radius 3 is 2.59 bits per heavy atom. The van der Waals surface area contributed by atoms with E-state index >= 15 is 0 Å².